The maximum absolute atomic E-state index is 8.56. The summed E-state index contributed by atoms with van der Waals surface area (Å²) in [6.07, 6.45) is 1.23. The Morgan fingerprint density at radius 2 is 2.25 bits per heavy atom. The molecule has 0 aromatic heterocycles. The lowest BCUT2D eigenvalue weighted by Gasteiger charge is -2.42. The maximum atomic E-state index is 8.56. The molecule has 68 valence electrons. The molecule has 12 heavy (non-hydrogen) atoms. The van der Waals surface area contributed by atoms with Crippen LogP contribution in [0.4, 0.5) is 0 Å². The van der Waals surface area contributed by atoms with E-state index in [1.54, 1.807) is 0 Å². The van der Waals surface area contributed by atoms with E-state index in [2.05, 4.69) is 31.7 Å². The molecule has 1 aliphatic heterocycles. The van der Waals surface area contributed by atoms with Gasteiger partial charge in [0.1, 0.15) is 0 Å². The maximum Gasteiger partial charge on any atom is 0.0866 e. The number of likely N-dealkylation sites (tertiary alicyclic amines) is 1. The summed E-state index contributed by atoms with van der Waals surface area (Å²) in [5.74, 6) is 0.785. The van der Waals surface area contributed by atoms with Gasteiger partial charge < -0.3 is 0 Å². The van der Waals surface area contributed by atoms with Gasteiger partial charge in [0.25, 0.3) is 0 Å². The third-order valence-electron chi connectivity index (χ3n) is 3.14. The average Bonchev–Trinajstić information content (AvgIpc) is 1.97. The number of piperidine rings is 1. The lowest BCUT2D eigenvalue weighted by atomic mass is 9.75. The van der Waals surface area contributed by atoms with Crippen LogP contribution >= 0.6 is 0 Å². The molecule has 0 aliphatic carbocycles. The molecule has 1 heterocycles. The summed E-state index contributed by atoms with van der Waals surface area (Å²) in [6.45, 7) is 9.65. The van der Waals surface area contributed by atoms with Crippen molar-refractivity contribution in [2.75, 3.05) is 19.6 Å². The van der Waals surface area contributed by atoms with E-state index >= 15 is 0 Å². The minimum atomic E-state index is 0.384. The predicted molar refractivity (Wildman–Crippen MR) is 49.6 cm³/mol. The summed E-state index contributed by atoms with van der Waals surface area (Å²) in [5, 5.41) is 8.56. The summed E-state index contributed by atoms with van der Waals surface area (Å²) < 4.78 is 0. The molecule has 2 nitrogen and oxygen atoms in total. The van der Waals surface area contributed by atoms with Crippen molar-refractivity contribution in [2.24, 2.45) is 11.3 Å². The van der Waals surface area contributed by atoms with Crippen molar-refractivity contribution in [1.29, 1.82) is 5.26 Å². The first kappa shape index (κ1) is 9.54. The van der Waals surface area contributed by atoms with Gasteiger partial charge in [-0.1, -0.05) is 20.8 Å². The summed E-state index contributed by atoms with van der Waals surface area (Å²) in [7, 11) is 0. The van der Waals surface area contributed by atoms with Crippen LogP contribution in [0.1, 0.15) is 27.2 Å². The highest BCUT2D eigenvalue weighted by molar-refractivity contribution is 4.88. The van der Waals surface area contributed by atoms with E-state index in [0.717, 1.165) is 19.0 Å². The van der Waals surface area contributed by atoms with Crippen LogP contribution < -0.4 is 0 Å². The van der Waals surface area contributed by atoms with Gasteiger partial charge in [-0.3, -0.25) is 4.90 Å². The number of nitrogens with zero attached hydrogens (tertiary/aromatic N) is 2. The Labute approximate surface area is 75.2 Å². The monoisotopic (exact) mass is 166 g/mol. The van der Waals surface area contributed by atoms with Gasteiger partial charge in [-0.2, -0.15) is 5.26 Å². The first-order chi connectivity index (χ1) is 5.56. The van der Waals surface area contributed by atoms with Crippen molar-refractivity contribution >= 4 is 0 Å². The van der Waals surface area contributed by atoms with Crippen molar-refractivity contribution in [3.05, 3.63) is 0 Å². The molecule has 1 aliphatic rings. The first-order valence-electron chi connectivity index (χ1n) is 4.65. The Morgan fingerprint density at radius 3 is 2.75 bits per heavy atom. The molecule has 0 radical (unpaired) electrons. The van der Waals surface area contributed by atoms with Crippen LogP contribution in [0, 0.1) is 22.7 Å². The minimum absolute atomic E-state index is 0.384. The molecule has 0 saturated carbocycles. The number of nitriles is 1. The second kappa shape index (κ2) is 3.45. The Balaban J connectivity index is 2.52. The van der Waals surface area contributed by atoms with E-state index in [1.807, 2.05) is 0 Å². The molecule has 1 rings (SSSR count). The molecule has 0 N–H and O–H groups in total. The zero-order valence-corrected chi connectivity index (χ0v) is 8.30. The third-order valence-corrected chi connectivity index (χ3v) is 3.14. The Kier molecular flexibility index (Phi) is 2.74. The van der Waals surface area contributed by atoms with E-state index in [1.165, 1.54) is 6.42 Å². The molecule has 1 fully saturated rings. The smallest absolute Gasteiger partial charge is 0.0866 e. The van der Waals surface area contributed by atoms with E-state index in [9.17, 15) is 0 Å². The van der Waals surface area contributed by atoms with Gasteiger partial charge in [-0.05, 0) is 24.3 Å². The van der Waals surface area contributed by atoms with Gasteiger partial charge in [0, 0.05) is 6.54 Å². The first-order valence-corrected chi connectivity index (χ1v) is 4.65. The third kappa shape index (κ3) is 1.98. The molecular formula is C10H18N2. The lowest BCUT2D eigenvalue weighted by Crippen LogP contribution is -2.44. The van der Waals surface area contributed by atoms with Crippen LogP contribution in [-0.2, 0) is 0 Å². The molecule has 0 amide bonds. The topological polar surface area (TPSA) is 27.0 Å². The molecule has 0 bridgehead atoms. The second-order valence-corrected chi connectivity index (χ2v) is 4.55. The predicted octanol–water partition coefficient (Wildman–Crippen LogP) is 1.88. The van der Waals surface area contributed by atoms with Crippen molar-refractivity contribution in [2.45, 2.75) is 27.2 Å². The largest absolute Gasteiger partial charge is 0.290 e. The highest BCUT2D eigenvalue weighted by Crippen LogP contribution is 2.33. The van der Waals surface area contributed by atoms with E-state index in [-0.39, 0.29) is 0 Å². The Hall–Kier alpha value is -0.550. The summed E-state index contributed by atoms with van der Waals surface area (Å²) in [5.41, 5.74) is 0.384. The van der Waals surface area contributed by atoms with Gasteiger partial charge in [-0.25, -0.2) is 0 Å². The molecule has 1 unspecified atom stereocenters. The van der Waals surface area contributed by atoms with Crippen LogP contribution in [-0.4, -0.2) is 24.5 Å². The number of rotatable bonds is 1. The van der Waals surface area contributed by atoms with E-state index < -0.39 is 0 Å². The van der Waals surface area contributed by atoms with Gasteiger partial charge in [-0.15, -0.1) is 0 Å². The fraction of sp³-hybridized carbons (Fsp3) is 0.900. The van der Waals surface area contributed by atoms with Crippen LogP contribution in [0.5, 0.6) is 0 Å². The fourth-order valence-electron chi connectivity index (χ4n) is 1.81. The van der Waals surface area contributed by atoms with Gasteiger partial charge in [0.15, 0.2) is 0 Å². The zero-order chi connectivity index (χ0) is 9.19. The van der Waals surface area contributed by atoms with Gasteiger partial charge >= 0.3 is 0 Å². The molecule has 0 aromatic carbocycles. The van der Waals surface area contributed by atoms with Crippen LogP contribution in [0.3, 0.4) is 0 Å². The van der Waals surface area contributed by atoms with Crippen LogP contribution in [0.25, 0.3) is 0 Å². The van der Waals surface area contributed by atoms with Crippen molar-refractivity contribution < 1.29 is 0 Å². The molecule has 2 heteroatoms. The summed E-state index contributed by atoms with van der Waals surface area (Å²) >= 11 is 0. The van der Waals surface area contributed by atoms with Crippen molar-refractivity contribution in [1.82, 2.24) is 4.90 Å². The molecule has 0 spiro atoms. The summed E-state index contributed by atoms with van der Waals surface area (Å²) in [4.78, 5) is 2.25. The molecule has 1 saturated heterocycles. The number of hydrogen-bond donors (Lipinski definition) is 0. The fourth-order valence-corrected chi connectivity index (χ4v) is 1.81. The zero-order valence-electron chi connectivity index (χ0n) is 8.30. The second-order valence-electron chi connectivity index (χ2n) is 4.55. The SMILES string of the molecule is CC1CCN(CC#N)CC1(C)C. The van der Waals surface area contributed by atoms with Gasteiger partial charge in [0.05, 0.1) is 12.6 Å². The van der Waals surface area contributed by atoms with Crippen molar-refractivity contribution in [3.8, 4) is 6.07 Å². The van der Waals surface area contributed by atoms with Crippen molar-refractivity contribution in [3.63, 3.8) is 0 Å². The molecule has 1 atom stereocenters. The summed E-state index contributed by atoms with van der Waals surface area (Å²) in [6, 6.07) is 2.22. The molecular weight excluding hydrogens is 148 g/mol. The van der Waals surface area contributed by atoms with Crippen LogP contribution in [0.2, 0.25) is 0 Å². The highest BCUT2D eigenvalue weighted by Gasteiger charge is 2.32. The minimum Gasteiger partial charge on any atom is -0.290 e. The van der Waals surface area contributed by atoms with Crippen LogP contribution in [0.15, 0.2) is 0 Å². The normalized spacial score (nSPS) is 29.7. The highest BCUT2D eigenvalue weighted by atomic mass is 15.1. The average molecular weight is 166 g/mol. The van der Waals surface area contributed by atoms with E-state index in [4.69, 9.17) is 5.26 Å². The Bertz CT molecular complexity index is 191. The lowest BCUT2D eigenvalue weighted by molar-refractivity contribution is 0.0740. The standard InChI is InChI=1S/C10H18N2/c1-9-4-6-12(7-5-11)8-10(9,2)3/h9H,4,6-8H2,1-3H3. The van der Waals surface area contributed by atoms with E-state index in [0.29, 0.717) is 12.0 Å². The Morgan fingerprint density at radius 1 is 1.58 bits per heavy atom. The number of hydrogen-bond acceptors (Lipinski definition) is 2. The van der Waals surface area contributed by atoms with Gasteiger partial charge in [0.2, 0.25) is 0 Å². The quantitative estimate of drug-likeness (QED) is 0.556. The molecule has 0 aromatic rings.